The molecule has 16 heavy (non-hydrogen) atoms. The Kier molecular flexibility index (Phi) is 2.92. The second-order valence-electron chi connectivity index (χ2n) is 3.56. The number of halogens is 2. The molecule has 1 heterocycles. The third kappa shape index (κ3) is 1.93. The van der Waals surface area contributed by atoms with Crippen LogP contribution in [0.15, 0.2) is 12.1 Å². The highest BCUT2D eigenvalue weighted by atomic mass is 35.5. The van der Waals surface area contributed by atoms with E-state index < -0.39 is 5.82 Å². The first-order valence-corrected chi connectivity index (χ1v) is 5.40. The van der Waals surface area contributed by atoms with Crippen molar-refractivity contribution in [1.29, 1.82) is 0 Å². The molecule has 2 N–H and O–H groups in total. The fourth-order valence-electron chi connectivity index (χ4n) is 1.56. The Labute approximate surface area is 97.5 Å². The van der Waals surface area contributed by atoms with Crippen molar-refractivity contribution in [2.45, 2.75) is 19.8 Å². The van der Waals surface area contributed by atoms with E-state index in [4.69, 9.17) is 17.3 Å². The van der Waals surface area contributed by atoms with Crippen LogP contribution in [0.5, 0.6) is 0 Å². The molecule has 0 bridgehead atoms. The quantitative estimate of drug-likeness (QED) is 0.877. The first-order chi connectivity index (χ1) is 7.61. The monoisotopic (exact) mass is 239 g/mol. The molecule has 1 aromatic carbocycles. The number of anilines is 1. The van der Waals surface area contributed by atoms with E-state index in [0.29, 0.717) is 16.7 Å². The summed E-state index contributed by atoms with van der Waals surface area (Å²) in [6, 6.07) is 2.53. The normalized spacial score (nSPS) is 10.9. The maximum Gasteiger partial charge on any atom is 0.135 e. The van der Waals surface area contributed by atoms with Gasteiger partial charge in [-0.05, 0) is 18.6 Å². The van der Waals surface area contributed by atoms with E-state index in [1.54, 1.807) is 0 Å². The molecule has 0 aliphatic rings. The first-order valence-electron chi connectivity index (χ1n) is 5.03. The van der Waals surface area contributed by atoms with Crippen molar-refractivity contribution in [3.8, 4) is 0 Å². The Hall–Kier alpha value is -1.42. The van der Waals surface area contributed by atoms with Crippen molar-refractivity contribution in [3.63, 3.8) is 0 Å². The largest absolute Gasteiger partial charge is 0.383 e. The van der Waals surface area contributed by atoms with Gasteiger partial charge in [0, 0.05) is 11.8 Å². The standard InChI is InChI=1S/C11H11ClFN3/c1-2-3-9-15-10-7(11(14)16-9)4-6(13)5-8(10)12/h4-5H,2-3H2,1H3,(H2,14,15,16). The molecule has 0 unspecified atom stereocenters. The van der Waals surface area contributed by atoms with Crippen LogP contribution in [0.2, 0.25) is 5.02 Å². The fraction of sp³-hybridized carbons (Fsp3) is 0.273. The third-order valence-electron chi connectivity index (χ3n) is 2.27. The van der Waals surface area contributed by atoms with E-state index >= 15 is 0 Å². The van der Waals surface area contributed by atoms with Crippen LogP contribution < -0.4 is 5.73 Å². The van der Waals surface area contributed by atoms with Gasteiger partial charge in [0.1, 0.15) is 17.5 Å². The highest BCUT2D eigenvalue weighted by Gasteiger charge is 2.09. The summed E-state index contributed by atoms with van der Waals surface area (Å²) in [7, 11) is 0. The summed E-state index contributed by atoms with van der Waals surface area (Å²) in [4.78, 5) is 8.39. The second-order valence-corrected chi connectivity index (χ2v) is 3.97. The van der Waals surface area contributed by atoms with Crippen LogP contribution in [0.1, 0.15) is 19.2 Å². The highest BCUT2D eigenvalue weighted by Crippen LogP contribution is 2.26. The van der Waals surface area contributed by atoms with Gasteiger partial charge in [0.05, 0.1) is 10.5 Å². The maximum absolute atomic E-state index is 13.1. The second kappa shape index (κ2) is 4.22. The topological polar surface area (TPSA) is 51.8 Å². The molecule has 0 amide bonds. The summed E-state index contributed by atoms with van der Waals surface area (Å²) in [5.41, 5.74) is 6.26. The van der Waals surface area contributed by atoms with Gasteiger partial charge in [-0.2, -0.15) is 0 Å². The molecule has 3 nitrogen and oxygen atoms in total. The lowest BCUT2D eigenvalue weighted by molar-refractivity contribution is 0.629. The zero-order chi connectivity index (χ0) is 11.7. The molecule has 0 spiro atoms. The van der Waals surface area contributed by atoms with Crippen molar-refractivity contribution in [3.05, 3.63) is 28.8 Å². The molecule has 0 aliphatic carbocycles. The van der Waals surface area contributed by atoms with Crippen LogP contribution in [0.25, 0.3) is 10.9 Å². The van der Waals surface area contributed by atoms with Crippen molar-refractivity contribution >= 4 is 28.3 Å². The summed E-state index contributed by atoms with van der Waals surface area (Å²) >= 11 is 5.92. The summed E-state index contributed by atoms with van der Waals surface area (Å²) in [5, 5.41) is 0.728. The molecule has 0 saturated carbocycles. The summed E-state index contributed by atoms with van der Waals surface area (Å²) in [6.07, 6.45) is 1.65. The average Bonchev–Trinajstić information content (AvgIpc) is 2.20. The van der Waals surface area contributed by atoms with E-state index in [0.717, 1.165) is 12.8 Å². The lowest BCUT2D eigenvalue weighted by Gasteiger charge is -2.06. The van der Waals surface area contributed by atoms with Crippen LogP contribution in [0.3, 0.4) is 0 Å². The Bertz CT molecular complexity index is 542. The molecule has 5 heteroatoms. The Morgan fingerprint density at radius 3 is 2.81 bits per heavy atom. The minimum absolute atomic E-state index is 0.265. The predicted molar refractivity (Wildman–Crippen MR) is 62.9 cm³/mol. The fourth-order valence-corrected chi connectivity index (χ4v) is 1.81. The van der Waals surface area contributed by atoms with Gasteiger partial charge in [0.2, 0.25) is 0 Å². The SMILES string of the molecule is CCCc1nc(N)c2cc(F)cc(Cl)c2n1. The van der Waals surface area contributed by atoms with Crippen molar-refractivity contribution in [2.24, 2.45) is 0 Å². The number of rotatable bonds is 2. The van der Waals surface area contributed by atoms with Gasteiger partial charge < -0.3 is 5.73 Å². The van der Waals surface area contributed by atoms with Gasteiger partial charge >= 0.3 is 0 Å². The van der Waals surface area contributed by atoms with Crippen LogP contribution in [0, 0.1) is 5.82 Å². The van der Waals surface area contributed by atoms with Crippen LogP contribution in [-0.4, -0.2) is 9.97 Å². The molecule has 2 rings (SSSR count). The molecule has 0 radical (unpaired) electrons. The minimum Gasteiger partial charge on any atom is -0.383 e. The van der Waals surface area contributed by atoms with Gasteiger partial charge in [0.25, 0.3) is 0 Å². The number of nitrogen functional groups attached to an aromatic ring is 1. The third-order valence-corrected chi connectivity index (χ3v) is 2.56. The number of fused-ring (bicyclic) bond motifs is 1. The smallest absolute Gasteiger partial charge is 0.135 e. The number of aryl methyl sites for hydroxylation is 1. The van der Waals surface area contributed by atoms with E-state index in [-0.39, 0.29) is 10.8 Å². The number of nitrogens with two attached hydrogens (primary N) is 1. The number of nitrogens with zero attached hydrogens (tertiary/aromatic N) is 2. The average molecular weight is 240 g/mol. The molecule has 84 valence electrons. The van der Waals surface area contributed by atoms with E-state index in [1.807, 2.05) is 6.92 Å². The van der Waals surface area contributed by atoms with Crippen LogP contribution in [0.4, 0.5) is 10.2 Å². The van der Waals surface area contributed by atoms with Gasteiger partial charge in [-0.1, -0.05) is 18.5 Å². The summed E-state index contributed by atoms with van der Waals surface area (Å²) in [5.74, 6) is 0.479. The Balaban J connectivity index is 2.71. The summed E-state index contributed by atoms with van der Waals surface area (Å²) < 4.78 is 13.1. The van der Waals surface area contributed by atoms with E-state index in [9.17, 15) is 4.39 Å². The van der Waals surface area contributed by atoms with Crippen molar-refractivity contribution in [1.82, 2.24) is 9.97 Å². The zero-order valence-electron chi connectivity index (χ0n) is 8.80. The molecular formula is C11H11ClFN3. The van der Waals surface area contributed by atoms with Gasteiger partial charge in [-0.3, -0.25) is 0 Å². The van der Waals surface area contributed by atoms with Gasteiger partial charge in [-0.25, -0.2) is 14.4 Å². The Morgan fingerprint density at radius 2 is 2.12 bits per heavy atom. The molecular weight excluding hydrogens is 229 g/mol. The number of hydrogen-bond donors (Lipinski definition) is 1. The Morgan fingerprint density at radius 1 is 1.38 bits per heavy atom. The molecule has 0 saturated heterocycles. The van der Waals surface area contributed by atoms with Gasteiger partial charge in [-0.15, -0.1) is 0 Å². The predicted octanol–water partition coefficient (Wildman–Crippen LogP) is 2.96. The summed E-state index contributed by atoms with van der Waals surface area (Å²) in [6.45, 7) is 2.02. The van der Waals surface area contributed by atoms with Gasteiger partial charge in [0.15, 0.2) is 0 Å². The van der Waals surface area contributed by atoms with Crippen LogP contribution in [-0.2, 0) is 6.42 Å². The minimum atomic E-state index is -0.434. The zero-order valence-corrected chi connectivity index (χ0v) is 9.55. The lowest BCUT2D eigenvalue weighted by atomic mass is 10.2. The first kappa shape index (κ1) is 11.1. The molecule has 0 atom stereocenters. The van der Waals surface area contributed by atoms with Crippen molar-refractivity contribution in [2.75, 3.05) is 5.73 Å². The molecule has 1 aromatic heterocycles. The number of benzene rings is 1. The van der Waals surface area contributed by atoms with Crippen molar-refractivity contribution < 1.29 is 4.39 Å². The maximum atomic E-state index is 13.1. The number of aromatic nitrogens is 2. The lowest BCUT2D eigenvalue weighted by Crippen LogP contribution is -2.01. The highest BCUT2D eigenvalue weighted by molar-refractivity contribution is 6.35. The number of hydrogen-bond acceptors (Lipinski definition) is 3. The van der Waals surface area contributed by atoms with E-state index in [2.05, 4.69) is 9.97 Å². The molecule has 0 fully saturated rings. The molecule has 0 aliphatic heterocycles. The van der Waals surface area contributed by atoms with E-state index in [1.165, 1.54) is 12.1 Å². The van der Waals surface area contributed by atoms with Crippen LogP contribution >= 0.6 is 11.6 Å². The molecule has 2 aromatic rings.